The Bertz CT molecular complexity index is 3410. The van der Waals surface area contributed by atoms with E-state index in [4.69, 9.17) is 0 Å². The van der Waals surface area contributed by atoms with Crippen LogP contribution in [0, 0.1) is 0 Å². The molecule has 3 nitrogen and oxygen atoms in total. The minimum atomic E-state index is 0.980. The standard InChI is InChI=1S/C52H31N3/c1-2-8-32(9-3-1)40-25-36-15-17-38-27-41(28-39-18-16-37(26-40)50(36)51(38)39)45-30-46-47-31-53-23-21-49(47)55(52(46)44-11-5-4-10-43(44)45)42-20-19-33-24-35(14-13-34(33)29-42)48-12-6-7-22-54-48/h1-31H. The molecule has 9 aromatic carbocycles. The SMILES string of the molecule is c1ccc(-c2cc3ccc4cc(-c5cc6c7cnccc7n(-c7ccc8cc(-c9ccccn9)ccc8c7)c6c6ccccc56)cc5ccc(c2)c3c45)cc1. The molecule has 0 bridgehead atoms. The molecule has 3 heterocycles. The molecule has 0 amide bonds. The zero-order valence-electron chi connectivity index (χ0n) is 29.7. The van der Waals surface area contributed by atoms with Crippen molar-refractivity contribution in [1.29, 1.82) is 0 Å². The Kier molecular flexibility index (Phi) is 6.34. The Hall–Kier alpha value is -7.36. The smallest absolute Gasteiger partial charge is 0.0702 e. The monoisotopic (exact) mass is 697 g/mol. The lowest BCUT2D eigenvalue weighted by atomic mass is 9.88. The highest BCUT2D eigenvalue weighted by atomic mass is 15.0. The summed E-state index contributed by atoms with van der Waals surface area (Å²) < 4.78 is 2.43. The average Bonchev–Trinajstić information content (AvgIpc) is 3.59. The van der Waals surface area contributed by atoms with Crippen molar-refractivity contribution in [2.45, 2.75) is 0 Å². The molecule has 0 aliphatic carbocycles. The van der Waals surface area contributed by atoms with Gasteiger partial charge < -0.3 is 4.57 Å². The molecular weight excluding hydrogens is 667 g/mol. The third-order valence-electron chi connectivity index (χ3n) is 11.6. The second-order valence-corrected chi connectivity index (χ2v) is 14.6. The quantitative estimate of drug-likeness (QED) is 0.171. The van der Waals surface area contributed by atoms with Crippen LogP contribution in [-0.4, -0.2) is 14.5 Å². The number of pyridine rings is 2. The predicted octanol–water partition coefficient (Wildman–Crippen LogP) is 13.8. The molecule has 0 saturated heterocycles. The first-order chi connectivity index (χ1) is 27.2. The summed E-state index contributed by atoms with van der Waals surface area (Å²) in [4.78, 5) is 9.22. The lowest BCUT2D eigenvalue weighted by molar-refractivity contribution is 1.19. The van der Waals surface area contributed by atoms with Gasteiger partial charge in [-0.1, -0.05) is 103 Å². The number of aromatic nitrogens is 3. The summed E-state index contributed by atoms with van der Waals surface area (Å²) in [5.41, 5.74) is 10.5. The van der Waals surface area contributed by atoms with Crippen LogP contribution in [-0.2, 0) is 0 Å². The lowest BCUT2D eigenvalue weighted by Crippen LogP contribution is -1.95. The summed E-state index contributed by atoms with van der Waals surface area (Å²) in [7, 11) is 0. The van der Waals surface area contributed by atoms with E-state index in [0.717, 1.165) is 27.8 Å². The van der Waals surface area contributed by atoms with Crippen molar-refractivity contribution in [3.8, 4) is 39.2 Å². The normalized spacial score (nSPS) is 12.0. The molecule has 0 N–H and O–H groups in total. The van der Waals surface area contributed by atoms with Crippen LogP contribution < -0.4 is 0 Å². The average molecular weight is 698 g/mol. The van der Waals surface area contributed by atoms with Crippen LogP contribution in [0.5, 0.6) is 0 Å². The van der Waals surface area contributed by atoms with Crippen LogP contribution in [0.1, 0.15) is 0 Å². The van der Waals surface area contributed by atoms with Crippen molar-refractivity contribution in [1.82, 2.24) is 14.5 Å². The molecule has 3 aromatic heterocycles. The molecule has 55 heavy (non-hydrogen) atoms. The maximum absolute atomic E-state index is 4.64. The molecule has 0 radical (unpaired) electrons. The highest BCUT2D eigenvalue weighted by molar-refractivity contribution is 6.26. The van der Waals surface area contributed by atoms with Crippen LogP contribution in [0.4, 0.5) is 0 Å². The second kappa shape index (κ2) is 11.6. The molecule has 0 spiro atoms. The Balaban J connectivity index is 1.06. The van der Waals surface area contributed by atoms with E-state index in [-0.39, 0.29) is 0 Å². The Morgan fingerprint density at radius 3 is 1.76 bits per heavy atom. The van der Waals surface area contributed by atoms with Gasteiger partial charge in [0.1, 0.15) is 0 Å². The van der Waals surface area contributed by atoms with Gasteiger partial charge in [0.25, 0.3) is 0 Å². The summed E-state index contributed by atoms with van der Waals surface area (Å²) in [6.45, 7) is 0. The van der Waals surface area contributed by atoms with E-state index in [1.165, 1.54) is 87.0 Å². The number of fused-ring (bicyclic) bond motifs is 6. The Morgan fingerprint density at radius 1 is 0.382 bits per heavy atom. The molecular formula is C52H31N3. The summed E-state index contributed by atoms with van der Waals surface area (Å²) in [6.07, 6.45) is 5.78. The minimum Gasteiger partial charge on any atom is -0.308 e. The van der Waals surface area contributed by atoms with Gasteiger partial charge in [-0.2, -0.15) is 0 Å². The fourth-order valence-electron chi connectivity index (χ4n) is 9.08. The predicted molar refractivity (Wildman–Crippen MR) is 231 cm³/mol. The third-order valence-corrected chi connectivity index (χ3v) is 11.6. The molecule has 3 heteroatoms. The Labute approximate surface area is 316 Å². The van der Waals surface area contributed by atoms with E-state index in [1.54, 1.807) is 0 Å². The minimum absolute atomic E-state index is 0.980. The van der Waals surface area contributed by atoms with Crippen molar-refractivity contribution in [2.75, 3.05) is 0 Å². The van der Waals surface area contributed by atoms with Crippen molar-refractivity contribution < 1.29 is 0 Å². The molecule has 0 aliphatic heterocycles. The first kappa shape index (κ1) is 30.1. The van der Waals surface area contributed by atoms with E-state index < -0.39 is 0 Å². The molecule has 12 rings (SSSR count). The van der Waals surface area contributed by atoms with E-state index in [2.05, 4.69) is 172 Å². The van der Waals surface area contributed by atoms with Crippen LogP contribution in [0.25, 0.3) is 115 Å². The van der Waals surface area contributed by atoms with Gasteiger partial charge in [0.05, 0.1) is 16.7 Å². The number of hydrogen-bond acceptors (Lipinski definition) is 2. The summed E-state index contributed by atoms with van der Waals surface area (Å²) in [5, 5.41) is 14.9. The number of rotatable bonds is 4. The topological polar surface area (TPSA) is 30.7 Å². The van der Waals surface area contributed by atoms with Gasteiger partial charge in [0.2, 0.25) is 0 Å². The van der Waals surface area contributed by atoms with E-state index >= 15 is 0 Å². The molecule has 0 aliphatic rings. The molecule has 12 aromatic rings. The molecule has 0 atom stereocenters. The van der Waals surface area contributed by atoms with Crippen LogP contribution in [0.15, 0.2) is 188 Å². The van der Waals surface area contributed by atoms with Gasteiger partial charge in [0, 0.05) is 46.0 Å². The van der Waals surface area contributed by atoms with Crippen LogP contribution >= 0.6 is 0 Å². The van der Waals surface area contributed by atoms with Gasteiger partial charge in [-0.25, -0.2) is 0 Å². The van der Waals surface area contributed by atoms with Crippen molar-refractivity contribution in [2.24, 2.45) is 0 Å². The Morgan fingerprint density at radius 2 is 1.02 bits per heavy atom. The van der Waals surface area contributed by atoms with Crippen molar-refractivity contribution in [3.05, 3.63) is 188 Å². The zero-order chi connectivity index (χ0) is 36.0. The summed E-state index contributed by atoms with van der Waals surface area (Å²) in [6, 6.07) is 62.2. The third kappa shape index (κ3) is 4.57. The fraction of sp³-hybridized carbons (Fsp3) is 0. The molecule has 0 fully saturated rings. The summed E-state index contributed by atoms with van der Waals surface area (Å²) in [5.74, 6) is 0. The molecule has 254 valence electrons. The van der Waals surface area contributed by atoms with Crippen LogP contribution in [0.3, 0.4) is 0 Å². The largest absolute Gasteiger partial charge is 0.308 e. The van der Waals surface area contributed by atoms with Crippen LogP contribution in [0.2, 0.25) is 0 Å². The second-order valence-electron chi connectivity index (χ2n) is 14.6. The zero-order valence-corrected chi connectivity index (χ0v) is 29.7. The highest BCUT2D eigenvalue weighted by Gasteiger charge is 2.20. The first-order valence-corrected chi connectivity index (χ1v) is 18.8. The van der Waals surface area contributed by atoms with Gasteiger partial charge >= 0.3 is 0 Å². The molecule has 0 saturated carbocycles. The van der Waals surface area contributed by atoms with Gasteiger partial charge in [-0.3, -0.25) is 9.97 Å². The van der Waals surface area contributed by atoms with E-state index in [0.29, 0.717) is 0 Å². The lowest BCUT2D eigenvalue weighted by Gasteiger charge is -2.16. The highest BCUT2D eigenvalue weighted by Crippen LogP contribution is 2.44. The number of nitrogens with zero attached hydrogens (tertiary/aromatic N) is 3. The van der Waals surface area contributed by atoms with Crippen molar-refractivity contribution >= 4 is 75.7 Å². The maximum atomic E-state index is 4.64. The maximum Gasteiger partial charge on any atom is 0.0702 e. The van der Waals surface area contributed by atoms with Crippen molar-refractivity contribution in [3.63, 3.8) is 0 Å². The summed E-state index contributed by atoms with van der Waals surface area (Å²) >= 11 is 0. The van der Waals surface area contributed by atoms with E-state index in [1.807, 2.05) is 30.7 Å². The van der Waals surface area contributed by atoms with Gasteiger partial charge in [-0.05, 0) is 137 Å². The first-order valence-electron chi connectivity index (χ1n) is 18.8. The number of hydrogen-bond donors (Lipinski definition) is 0. The van der Waals surface area contributed by atoms with Gasteiger partial charge in [0.15, 0.2) is 0 Å². The molecule has 0 unspecified atom stereocenters. The fourth-order valence-corrected chi connectivity index (χ4v) is 9.08. The van der Waals surface area contributed by atoms with Gasteiger partial charge in [-0.15, -0.1) is 0 Å². The number of benzene rings is 9. The van der Waals surface area contributed by atoms with E-state index in [9.17, 15) is 0 Å².